The van der Waals surface area contributed by atoms with E-state index < -0.39 is 11.6 Å². The van der Waals surface area contributed by atoms with Crippen molar-refractivity contribution in [1.29, 1.82) is 0 Å². The summed E-state index contributed by atoms with van der Waals surface area (Å²) >= 11 is 0. The molecule has 1 heterocycles. The lowest BCUT2D eigenvalue weighted by atomic mass is 10.0. The number of halogens is 2. The van der Waals surface area contributed by atoms with Crippen LogP contribution in [0.25, 0.3) is 0 Å². The van der Waals surface area contributed by atoms with Crippen LogP contribution >= 0.6 is 0 Å². The van der Waals surface area contributed by atoms with Gasteiger partial charge in [-0.3, -0.25) is 0 Å². The van der Waals surface area contributed by atoms with E-state index in [9.17, 15) is 8.78 Å². The van der Waals surface area contributed by atoms with Crippen molar-refractivity contribution in [3.05, 3.63) is 29.3 Å². The lowest BCUT2D eigenvalue weighted by molar-refractivity contribution is 0.302. The molecular weight excluding hydrogens is 190 g/mol. The summed E-state index contributed by atoms with van der Waals surface area (Å²) in [5, 5.41) is 3.47. The molecule has 2 rings (SSSR count). The predicted octanol–water partition coefficient (Wildman–Crippen LogP) is 1.41. The number of nitrogens with zero attached hydrogens (tertiary/aromatic N) is 1. The highest BCUT2D eigenvalue weighted by atomic mass is 19.1. The molecule has 0 bridgehead atoms. The number of ether oxygens (including phenoxy) is 1. The maximum atomic E-state index is 13.2. The van der Waals surface area contributed by atoms with Crippen molar-refractivity contribution in [2.24, 2.45) is 10.9 Å². The monoisotopic (exact) mass is 198 g/mol. The van der Waals surface area contributed by atoms with Crippen molar-refractivity contribution in [2.75, 3.05) is 6.61 Å². The first-order valence-corrected chi connectivity index (χ1v) is 4.11. The van der Waals surface area contributed by atoms with Crippen LogP contribution in [-0.4, -0.2) is 12.3 Å². The zero-order valence-corrected chi connectivity index (χ0v) is 7.26. The van der Waals surface area contributed by atoms with Gasteiger partial charge in [-0.1, -0.05) is 0 Å². The van der Waals surface area contributed by atoms with E-state index in [0.717, 1.165) is 6.07 Å². The number of hydrogen-bond donors (Lipinski definition) is 1. The second-order valence-corrected chi connectivity index (χ2v) is 2.94. The molecule has 14 heavy (non-hydrogen) atoms. The van der Waals surface area contributed by atoms with E-state index in [-0.39, 0.29) is 5.75 Å². The molecule has 0 amide bonds. The van der Waals surface area contributed by atoms with Crippen LogP contribution in [0.3, 0.4) is 0 Å². The number of hydrazone groups is 1. The fourth-order valence-corrected chi connectivity index (χ4v) is 1.44. The Morgan fingerprint density at radius 1 is 1.36 bits per heavy atom. The maximum Gasteiger partial charge on any atom is 0.168 e. The highest BCUT2D eigenvalue weighted by molar-refractivity contribution is 6.03. The van der Waals surface area contributed by atoms with Crippen molar-refractivity contribution >= 4 is 5.71 Å². The first kappa shape index (κ1) is 8.93. The summed E-state index contributed by atoms with van der Waals surface area (Å²) in [5.41, 5.74) is 0.765. The zero-order valence-electron chi connectivity index (χ0n) is 7.26. The summed E-state index contributed by atoms with van der Waals surface area (Å²) < 4.78 is 31.1. The minimum atomic E-state index is -0.721. The van der Waals surface area contributed by atoms with Gasteiger partial charge in [-0.2, -0.15) is 5.10 Å². The minimum absolute atomic E-state index is 0.0295. The first-order valence-electron chi connectivity index (χ1n) is 4.11. The fraction of sp³-hybridized carbons (Fsp3) is 0.222. The summed E-state index contributed by atoms with van der Waals surface area (Å²) in [7, 11) is 0. The van der Waals surface area contributed by atoms with Gasteiger partial charge in [0.1, 0.15) is 5.82 Å². The molecule has 1 aromatic carbocycles. The number of rotatable bonds is 0. The quantitative estimate of drug-likeness (QED) is 0.506. The van der Waals surface area contributed by atoms with E-state index >= 15 is 0 Å². The topological polar surface area (TPSA) is 47.6 Å². The van der Waals surface area contributed by atoms with Crippen molar-refractivity contribution in [1.82, 2.24) is 0 Å². The first-order chi connectivity index (χ1) is 6.72. The fourth-order valence-electron chi connectivity index (χ4n) is 1.44. The summed E-state index contributed by atoms with van der Waals surface area (Å²) in [6, 6.07) is 1.95. The molecule has 1 aromatic rings. The van der Waals surface area contributed by atoms with Crippen LogP contribution in [0.4, 0.5) is 8.78 Å². The zero-order chi connectivity index (χ0) is 10.1. The summed E-state index contributed by atoms with van der Waals surface area (Å²) in [6.45, 7) is 0.311. The Bertz CT molecular complexity index is 404. The van der Waals surface area contributed by atoms with Crippen LogP contribution < -0.4 is 10.6 Å². The third kappa shape index (κ3) is 1.30. The average Bonchev–Trinajstić information content (AvgIpc) is 2.17. The van der Waals surface area contributed by atoms with Gasteiger partial charge in [-0.15, -0.1) is 0 Å². The lowest BCUT2D eigenvalue weighted by Crippen LogP contribution is -2.19. The second kappa shape index (κ2) is 3.25. The van der Waals surface area contributed by atoms with E-state index in [0.29, 0.717) is 24.3 Å². The largest absolute Gasteiger partial charge is 0.489 e. The Labute approximate surface area is 79.2 Å². The van der Waals surface area contributed by atoms with Gasteiger partial charge in [0, 0.05) is 18.1 Å². The molecule has 74 valence electrons. The van der Waals surface area contributed by atoms with Crippen LogP contribution in [0.15, 0.2) is 17.2 Å². The molecule has 0 saturated carbocycles. The van der Waals surface area contributed by atoms with Crippen LogP contribution in [0.2, 0.25) is 0 Å². The Morgan fingerprint density at radius 2 is 2.14 bits per heavy atom. The Kier molecular flexibility index (Phi) is 2.07. The van der Waals surface area contributed by atoms with Gasteiger partial charge in [0.2, 0.25) is 0 Å². The molecule has 0 unspecified atom stereocenters. The minimum Gasteiger partial charge on any atom is -0.489 e. The second-order valence-electron chi connectivity index (χ2n) is 2.94. The molecule has 3 nitrogen and oxygen atoms in total. The van der Waals surface area contributed by atoms with Gasteiger partial charge in [-0.25, -0.2) is 8.78 Å². The van der Waals surface area contributed by atoms with Gasteiger partial charge in [-0.05, 0) is 6.07 Å². The molecule has 2 N–H and O–H groups in total. The summed E-state index contributed by atoms with van der Waals surface area (Å²) in [4.78, 5) is 0. The molecule has 0 aliphatic carbocycles. The maximum absolute atomic E-state index is 13.2. The Hall–Kier alpha value is -1.65. The van der Waals surface area contributed by atoms with Crippen molar-refractivity contribution < 1.29 is 13.5 Å². The van der Waals surface area contributed by atoms with E-state index in [1.54, 1.807) is 0 Å². The van der Waals surface area contributed by atoms with Gasteiger partial charge < -0.3 is 10.6 Å². The molecule has 0 spiro atoms. The summed E-state index contributed by atoms with van der Waals surface area (Å²) in [6.07, 6.45) is 0.465. The lowest BCUT2D eigenvalue weighted by Gasteiger charge is -2.18. The number of benzene rings is 1. The highest BCUT2D eigenvalue weighted by Crippen LogP contribution is 2.28. The smallest absolute Gasteiger partial charge is 0.168 e. The van der Waals surface area contributed by atoms with Gasteiger partial charge in [0.05, 0.1) is 12.3 Å². The van der Waals surface area contributed by atoms with Crippen molar-refractivity contribution in [3.8, 4) is 5.75 Å². The molecule has 0 atom stereocenters. The van der Waals surface area contributed by atoms with Gasteiger partial charge in [0.15, 0.2) is 11.6 Å². The molecule has 5 heteroatoms. The predicted molar refractivity (Wildman–Crippen MR) is 47.2 cm³/mol. The number of hydrogen-bond acceptors (Lipinski definition) is 3. The molecular formula is C9H8F2N2O. The SMILES string of the molecule is NN=C1CCOc2c(F)cc(F)cc21. The number of nitrogens with two attached hydrogens (primary N) is 1. The molecule has 1 aliphatic rings. The van der Waals surface area contributed by atoms with E-state index in [2.05, 4.69) is 5.10 Å². The third-order valence-corrected chi connectivity index (χ3v) is 2.06. The number of fused-ring (bicyclic) bond motifs is 1. The molecule has 0 aromatic heterocycles. The van der Waals surface area contributed by atoms with Crippen molar-refractivity contribution in [3.63, 3.8) is 0 Å². The molecule has 0 radical (unpaired) electrons. The van der Waals surface area contributed by atoms with Crippen LogP contribution in [0.5, 0.6) is 5.75 Å². The van der Waals surface area contributed by atoms with Crippen molar-refractivity contribution in [2.45, 2.75) is 6.42 Å². The normalized spacial score (nSPS) is 17.7. The average molecular weight is 198 g/mol. The standard InChI is InChI=1S/C9H8F2N2O/c10-5-3-6-8(13-12)1-2-14-9(6)7(11)4-5/h3-4H,1-2,12H2. The Balaban J connectivity index is 2.62. The van der Waals surface area contributed by atoms with E-state index in [1.807, 2.05) is 0 Å². The van der Waals surface area contributed by atoms with Gasteiger partial charge in [0.25, 0.3) is 0 Å². The summed E-state index contributed by atoms with van der Waals surface area (Å²) in [5.74, 6) is 3.75. The van der Waals surface area contributed by atoms with E-state index in [4.69, 9.17) is 10.6 Å². The highest BCUT2D eigenvalue weighted by Gasteiger charge is 2.21. The van der Waals surface area contributed by atoms with E-state index in [1.165, 1.54) is 6.07 Å². The molecule has 1 aliphatic heterocycles. The van der Waals surface area contributed by atoms with Crippen LogP contribution in [-0.2, 0) is 0 Å². The Morgan fingerprint density at radius 3 is 2.86 bits per heavy atom. The van der Waals surface area contributed by atoms with Gasteiger partial charge >= 0.3 is 0 Å². The molecule has 0 fully saturated rings. The van der Waals surface area contributed by atoms with Crippen LogP contribution in [0.1, 0.15) is 12.0 Å². The molecule has 0 saturated heterocycles. The van der Waals surface area contributed by atoms with Crippen LogP contribution in [0, 0.1) is 11.6 Å². The third-order valence-electron chi connectivity index (χ3n) is 2.06.